The van der Waals surface area contributed by atoms with Crippen LogP contribution in [0.2, 0.25) is 0 Å². The van der Waals surface area contributed by atoms with Gasteiger partial charge in [-0.15, -0.1) is 0 Å². The number of carbonyl (C=O) groups excluding carboxylic acids is 1. The highest BCUT2D eigenvalue weighted by molar-refractivity contribution is 8.00. The molecule has 1 aromatic carbocycles. The fourth-order valence-corrected chi connectivity index (χ4v) is 4.27. The van der Waals surface area contributed by atoms with Gasteiger partial charge in [0.1, 0.15) is 16.2 Å². The van der Waals surface area contributed by atoms with Gasteiger partial charge in [-0.1, -0.05) is 32.5 Å². The van der Waals surface area contributed by atoms with Gasteiger partial charge in [-0.3, -0.25) is 18.7 Å². The van der Waals surface area contributed by atoms with Crippen molar-refractivity contribution < 1.29 is 14.3 Å². The summed E-state index contributed by atoms with van der Waals surface area (Å²) in [6.07, 6.45) is 0.545. The van der Waals surface area contributed by atoms with Gasteiger partial charge < -0.3 is 14.8 Å². The summed E-state index contributed by atoms with van der Waals surface area (Å²) in [7, 11) is 2.98. The smallest absolute Gasteiger partial charge is 0.332 e. The number of hydrogen-bond acceptors (Lipinski definition) is 8. The molecule has 33 heavy (non-hydrogen) atoms. The van der Waals surface area contributed by atoms with Crippen LogP contribution in [0.5, 0.6) is 11.5 Å². The lowest BCUT2D eigenvalue weighted by Crippen LogP contribution is -2.38. The van der Waals surface area contributed by atoms with Crippen LogP contribution >= 0.6 is 11.8 Å². The molecule has 1 amide bonds. The lowest BCUT2D eigenvalue weighted by atomic mass is 9.92. The topological polar surface area (TPSA) is 117 Å². The third kappa shape index (κ3) is 4.72. The Morgan fingerprint density at radius 2 is 1.85 bits per heavy atom. The van der Waals surface area contributed by atoms with Gasteiger partial charge in [0, 0.05) is 32.3 Å². The van der Waals surface area contributed by atoms with E-state index in [-0.39, 0.29) is 34.9 Å². The van der Waals surface area contributed by atoms with E-state index in [1.165, 1.54) is 11.6 Å². The Balaban J connectivity index is 1.64. The Bertz CT molecular complexity index is 1370. The third-order valence-corrected chi connectivity index (χ3v) is 5.97. The van der Waals surface area contributed by atoms with Crippen LogP contribution < -0.4 is 26.0 Å². The molecule has 0 bridgehead atoms. The highest BCUT2D eigenvalue weighted by Gasteiger charge is 2.21. The van der Waals surface area contributed by atoms with Crippen molar-refractivity contribution in [3.8, 4) is 11.5 Å². The van der Waals surface area contributed by atoms with Gasteiger partial charge in [0.05, 0.1) is 5.75 Å². The van der Waals surface area contributed by atoms with Crippen molar-refractivity contribution in [3.63, 3.8) is 0 Å². The van der Waals surface area contributed by atoms with Crippen LogP contribution in [0.15, 0.2) is 32.8 Å². The maximum atomic E-state index is 12.9. The number of aryl methyl sites for hydroxylation is 1. The Labute approximate surface area is 193 Å². The minimum absolute atomic E-state index is 0.0154. The summed E-state index contributed by atoms with van der Waals surface area (Å²) in [5.74, 6) is 1.45. The van der Waals surface area contributed by atoms with Gasteiger partial charge in [0.2, 0.25) is 12.7 Å². The number of aromatic nitrogens is 4. The van der Waals surface area contributed by atoms with Crippen LogP contribution in [-0.4, -0.2) is 37.6 Å². The molecule has 0 aliphatic carbocycles. The minimum Gasteiger partial charge on any atom is -0.454 e. The van der Waals surface area contributed by atoms with Gasteiger partial charge in [0.25, 0.3) is 5.56 Å². The molecule has 0 atom stereocenters. The number of anilines is 1. The SMILES string of the molecule is Cn1c(=O)c2c(SCC(=O)Nc3ccc4c(c3)OCO4)nc(CC(C)(C)C)nc2n(C)c1=O. The number of hydrogen-bond donors (Lipinski definition) is 1. The minimum atomic E-state index is -0.492. The van der Waals surface area contributed by atoms with Gasteiger partial charge >= 0.3 is 5.69 Å². The van der Waals surface area contributed by atoms with E-state index in [1.807, 2.05) is 0 Å². The van der Waals surface area contributed by atoms with Crippen molar-refractivity contribution in [3.05, 3.63) is 44.9 Å². The van der Waals surface area contributed by atoms with Gasteiger partial charge in [0.15, 0.2) is 17.1 Å². The lowest BCUT2D eigenvalue weighted by Gasteiger charge is -2.18. The molecule has 0 saturated carbocycles. The second kappa shape index (κ2) is 8.54. The average Bonchev–Trinajstić information content (AvgIpc) is 3.21. The van der Waals surface area contributed by atoms with Crippen molar-refractivity contribution in [2.24, 2.45) is 19.5 Å². The molecule has 3 aromatic rings. The quantitative estimate of drug-likeness (QED) is 0.444. The average molecular weight is 472 g/mol. The molecule has 2 aromatic heterocycles. The molecule has 10 nitrogen and oxygen atoms in total. The molecule has 0 unspecified atom stereocenters. The van der Waals surface area contributed by atoms with E-state index >= 15 is 0 Å². The van der Waals surface area contributed by atoms with Crippen molar-refractivity contribution in [2.75, 3.05) is 17.9 Å². The Morgan fingerprint density at radius 1 is 1.12 bits per heavy atom. The first-order valence-electron chi connectivity index (χ1n) is 10.3. The number of ether oxygens (including phenoxy) is 2. The molecule has 0 spiro atoms. The molecule has 0 fully saturated rings. The molecule has 3 heterocycles. The second-order valence-corrected chi connectivity index (χ2v) is 9.96. The summed E-state index contributed by atoms with van der Waals surface area (Å²) in [5.41, 5.74) is -0.232. The Kier molecular flexibility index (Phi) is 5.91. The summed E-state index contributed by atoms with van der Waals surface area (Å²) in [6.45, 7) is 6.30. The molecular weight excluding hydrogens is 446 g/mol. The molecule has 11 heteroatoms. The summed E-state index contributed by atoms with van der Waals surface area (Å²) < 4.78 is 13.0. The Morgan fingerprint density at radius 3 is 2.58 bits per heavy atom. The predicted octanol–water partition coefficient (Wildman–Crippen LogP) is 2.08. The van der Waals surface area contributed by atoms with E-state index < -0.39 is 11.2 Å². The molecule has 0 radical (unpaired) electrons. The third-order valence-electron chi connectivity index (χ3n) is 5.00. The zero-order valence-corrected chi connectivity index (χ0v) is 19.9. The number of nitrogens with zero attached hydrogens (tertiary/aromatic N) is 4. The van der Waals surface area contributed by atoms with Crippen molar-refractivity contribution in [1.82, 2.24) is 19.1 Å². The van der Waals surface area contributed by atoms with Gasteiger partial charge in [-0.05, 0) is 17.5 Å². The molecule has 0 saturated heterocycles. The summed E-state index contributed by atoms with van der Waals surface area (Å²) in [5, 5.41) is 3.40. The number of fused-ring (bicyclic) bond motifs is 2. The van der Waals surface area contributed by atoms with Crippen LogP contribution in [0.1, 0.15) is 26.6 Å². The number of nitrogens with one attached hydrogen (secondary N) is 1. The van der Waals surface area contributed by atoms with Crippen LogP contribution in [0.3, 0.4) is 0 Å². The zero-order chi connectivity index (χ0) is 23.9. The molecule has 4 rings (SSSR count). The van der Waals surface area contributed by atoms with Crippen molar-refractivity contribution in [2.45, 2.75) is 32.2 Å². The van der Waals surface area contributed by atoms with E-state index in [9.17, 15) is 14.4 Å². The van der Waals surface area contributed by atoms with E-state index in [2.05, 4.69) is 36.1 Å². The van der Waals surface area contributed by atoms with Crippen molar-refractivity contribution >= 4 is 34.4 Å². The van der Waals surface area contributed by atoms with Crippen LogP contribution in [-0.2, 0) is 25.3 Å². The van der Waals surface area contributed by atoms with Crippen molar-refractivity contribution in [1.29, 1.82) is 0 Å². The summed E-state index contributed by atoms with van der Waals surface area (Å²) in [4.78, 5) is 47.1. The molecule has 1 N–H and O–H groups in total. The zero-order valence-electron chi connectivity index (χ0n) is 19.1. The molecule has 1 aliphatic rings. The normalized spacial score (nSPS) is 12.9. The van der Waals surface area contributed by atoms with Gasteiger partial charge in [-0.25, -0.2) is 14.8 Å². The molecule has 1 aliphatic heterocycles. The van der Waals surface area contributed by atoms with Gasteiger partial charge in [-0.2, -0.15) is 0 Å². The number of rotatable bonds is 5. The van der Waals surface area contributed by atoms with E-state index in [0.29, 0.717) is 34.5 Å². The molecule has 174 valence electrons. The number of amides is 1. The fraction of sp³-hybridized carbons (Fsp3) is 0.409. The Hall–Kier alpha value is -3.34. The summed E-state index contributed by atoms with van der Waals surface area (Å²) >= 11 is 1.13. The van der Waals surface area contributed by atoms with E-state index in [4.69, 9.17) is 9.47 Å². The lowest BCUT2D eigenvalue weighted by molar-refractivity contribution is -0.113. The molecular formula is C22H25N5O5S. The van der Waals surface area contributed by atoms with Crippen LogP contribution in [0.4, 0.5) is 5.69 Å². The maximum Gasteiger partial charge on any atom is 0.332 e. The highest BCUT2D eigenvalue weighted by atomic mass is 32.2. The monoisotopic (exact) mass is 471 g/mol. The summed E-state index contributed by atoms with van der Waals surface area (Å²) in [6, 6.07) is 5.15. The number of carbonyl (C=O) groups is 1. The first kappa shape index (κ1) is 22.8. The maximum absolute atomic E-state index is 12.9. The van der Waals surface area contributed by atoms with Crippen LogP contribution in [0, 0.1) is 5.41 Å². The number of benzene rings is 1. The first-order chi connectivity index (χ1) is 15.5. The fourth-order valence-electron chi connectivity index (χ4n) is 3.44. The predicted molar refractivity (Wildman–Crippen MR) is 125 cm³/mol. The second-order valence-electron chi connectivity index (χ2n) is 8.99. The standard InChI is InChI=1S/C22H25N5O5S/c1-22(2,3)9-15-24-18-17(20(29)27(5)21(30)26(18)4)19(25-15)33-10-16(28)23-12-6-7-13-14(8-12)32-11-31-13/h6-8H,9-11H2,1-5H3,(H,23,28). The van der Waals surface area contributed by atoms with E-state index in [0.717, 1.165) is 16.3 Å². The van der Waals surface area contributed by atoms with E-state index in [1.54, 1.807) is 25.2 Å². The first-order valence-corrected chi connectivity index (χ1v) is 11.3. The highest BCUT2D eigenvalue weighted by Crippen LogP contribution is 2.34. The van der Waals surface area contributed by atoms with Crippen LogP contribution in [0.25, 0.3) is 11.0 Å². The largest absolute Gasteiger partial charge is 0.454 e. The number of thioether (sulfide) groups is 1.